The summed E-state index contributed by atoms with van der Waals surface area (Å²) in [5.74, 6) is 0.471. The maximum Gasteiger partial charge on any atom is 0.252 e. The van der Waals surface area contributed by atoms with E-state index in [0.29, 0.717) is 11.5 Å². The van der Waals surface area contributed by atoms with Gasteiger partial charge in [0.1, 0.15) is 0 Å². The van der Waals surface area contributed by atoms with Gasteiger partial charge in [0.15, 0.2) is 0 Å². The van der Waals surface area contributed by atoms with Gasteiger partial charge < -0.3 is 0 Å². The first-order valence-electron chi connectivity index (χ1n) is 6.49. The van der Waals surface area contributed by atoms with Gasteiger partial charge in [-0.3, -0.25) is 4.79 Å². The summed E-state index contributed by atoms with van der Waals surface area (Å²) in [6, 6.07) is 7.75. The maximum atomic E-state index is 11.4. The Kier molecular flexibility index (Phi) is 6.28. The summed E-state index contributed by atoms with van der Waals surface area (Å²) < 4.78 is 0. The first kappa shape index (κ1) is 14.2. The summed E-state index contributed by atoms with van der Waals surface area (Å²) >= 11 is 5.65. The first-order chi connectivity index (χ1) is 8.20. The van der Waals surface area contributed by atoms with Crippen LogP contribution < -0.4 is 0 Å². The van der Waals surface area contributed by atoms with Crippen molar-refractivity contribution in [1.29, 1.82) is 0 Å². The highest BCUT2D eigenvalue weighted by Crippen LogP contribution is 2.30. The molecule has 0 aliphatic carbocycles. The molecule has 0 radical (unpaired) electrons. The minimum atomic E-state index is -0.335. The van der Waals surface area contributed by atoms with Gasteiger partial charge in [-0.15, -0.1) is 0 Å². The topological polar surface area (TPSA) is 17.1 Å². The lowest BCUT2D eigenvalue weighted by atomic mass is 9.87. The van der Waals surface area contributed by atoms with E-state index in [1.54, 1.807) is 0 Å². The second kappa shape index (κ2) is 7.50. The lowest BCUT2D eigenvalue weighted by Gasteiger charge is -2.18. The second-order valence-electron chi connectivity index (χ2n) is 4.49. The van der Waals surface area contributed by atoms with Gasteiger partial charge in [-0.25, -0.2) is 0 Å². The summed E-state index contributed by atoms with van der Waals surface area (Å²) in [6.45, 7) is 4.38. The number of rotatable bonds is 7. The molecule has 1 unspecified atom stereocenters. The van der Waals surface area contributed by atoms with Gasteiger partial charge in [-0.1, -0.05) is 51.3 Å². The molecule has 0 fully saturated rings. The number of halogens is 1. The molecule has 1 rings (SSSR count). The molecular formula is C15H21ClO. The van der Waals surface area contributed by atoms with Crippen LogP contribution in [0, 0.1) is 0 Å². The molecule has 17 heavy (non-hydrogen) atoms. The van der Waals surface area contributed by atoms with E-state index in [1.165, 1.54) is 12.8 Å². The fourth-order valence-corrected chi connectivity index (χ4v) is 2.46. The van der Waals surface area contributed by atoms with E-state index in [1.807, 2.05) is 24.3 Å². The maximum absolute atomic E-state index is 11.4. The van der Waals surface area contributed by atoms with Crippen LogP contribution in [0.25, 0.3) is 0 Å². The molecule has 2 heteroatoms. The van der Waals surface area contributed by atoms with E-state index in [4.69, 9.17) is 11.6 Å². The fraction of sp³-hybridized carbons (Fsp3) is 0.533. The summed E-state index contributed by atoms with van der Waals surface area (Å²) in [4.78, 5) is 11.4. The standard InChI is InChI=1S/C15H21ClO/c1-3-5-9-12(8-4-2)13-10-6-7-11-14(13)15(16)17/h6-7,10-12H,3-5,8-9H2,1-2H3. The van der Waals surface area contributed by atoms with Gasteiger partial charge in [0.2, 0.25) is 0 Å². The number of hydrogen-bond acceptors (Lipinski definition) is 1. The lowest BCUT2D eigenvalue weighted by molar-refractivity contribution is 0.108. The van der Waals surface area contributed by atoms with Crippen LogP contribution in [0.4, 0.5) is 0 Å². The molecule has 0 aromatic heterocycles. The van der Waals surface area contributed by atoms with E-state index in [0.717, 1.165) is 24.8 Å². The van der Waals surface area contributed by atoms with Crippen molar-refractivity contribution in [3.8, 4) is 0 Å². The van der Waals surface area contributed by atoms with Crippen LogP contribution in [0.5, 0.6) is 0 Å². The zero-order valence-corrected chi connectivity index (χ0v) is 11.5. The van der Waals surface area contributed by atoms with Crippen LogP contribution in [0.1, 0.15) is 67.8 Å². The normalized spacial score (nSPS) is 12.4. The minimum Gasteiger partial charge on any atom is -0.276 e. The lowest BCUT2D eigenvalue weighted by Crippen LogP contribution is -2.05. The summed E-state index contributed by atoms with van der Waals surface area (Å²) in [7, 11) is 0. The Morgan fingerprint density at radius 3 is 2.47 bits per heavy atom. The fourth-order valence-electron chi connectivity index (χ4n) is 2.29. The summed E-state index contributed by atoms with van der Waals surface area (Å²) in [5.41, 5.74) is 1.81. The molecule has 1 atom stereocenters. The van der Waals surface area contributed by atoms with Crippen LogP contribution in [0.2, 0.25) is 0 Å². The Balaban J connectivity index is 2.95. The highest BCUT2D eigenvalue weighted by molar-refractivity contribution is 6.67. The number of benzene rings is 1. The Bertz CT molecular complexity index is 360. The molecular weight excluding hydrogens is 232 g/mol. The van der Waals surface area contributed by atoms with E-state index < -0.39 is 0 Å². The van der Waals surface area contributed by atoms with Crippen molar-refractivity contribution in [2.45, 2.75) is 51.9 Å². The molecule has 1 nitrogen and oxygen atoms in total. The van der Waals surface area contributed by atoms with Crippen LogP contribution in [0.15, 0.2) is 24.3 Å². The second-order valence-corrected chi connectivity index (χ2v) is 4.83. The predicted octanol–water partition coefficient (Wildman–Crippen LogP) is 5.14. The van der Waals surface area contributed by atoms with Crippen molar-refractivity contribution in [3.05, 3.63) is 35.4 Å². The van der Waals surface area contributed by atoms with E-state index in [-0.39, 0.29) is 5.24 Å². The van der Waals surface area contributed by atoms with Crippen LogP contribution in [0.3, 0.4) is 0 Å². The van der Waals surface area contributed by atoms with Crippen molar-refractivity contribution < 1.29 is 4.79 Å². The predicted molar refractivity (Wildman–Crippen MR) is 73.8 cm³/mol. The highest BCUT2D eigenvalue weighted by Gasteiger charge is 2.16. The molecule has 0 aliphatic heterocycles. The largest absolute Gasteiger partial charge is 0.276 e. The van der Waals surface area contributed by atoms with Crippen molar-refractivity contribution in [1.82, 2.24) is 0 Å². The molecule has 0 aliphatic rings. The Morgan fingerprint density at radius 1 is 1.18 bits per heavy atom. The molecule has 0 N–H and O–H groups in total. The molecule has 94 valence electrons. The SMILES string of the molecule is CCCCC(CCC)c1ccccc1C(=O)Cl. The number of carbonyl (C=O) groups excluding carboxylic acids is 1. The Hall–Kier alpha value is -0.820. The van der Waals surface area contributed by atoms with Gasteiger partial charge in [0.25, 0.3) is 5.24 Å². The van der Waals surface area contributed by atoms with Gasteiger partial charge in [0.05, 0.1) is 0 Å². The van der Waals surface area contributed by atoms with Crippen LogP contribution in [-0.4, -0.2) is 5.24 Å². The monoisotopic (exact) mass is 252 g/mol. The Morgan fingerprint density at radius 2 is 1.88 bits per heavy atom. The number of hydrogen-bond donors (Lipinski definition) is 0. The van der Waals surface area contributed by atoms with E-state index >= 15 is 0 Å². The molecule has 0 heterocycles. The van der Waals surface area contributed by atoms with Crippen molar-refractivity contribution >= 4 is 16.8 Å². The third-order valence-corrected chi connectivity index (χ3v) is 3.36. The van der Waals surface area contributed by atoms with Gasteiger partial charge in [-0.05, 0) is 42.0 Å². The minimum absolute atomic E-state index is 0.335. The number of unbranched alkanes of at least 4 members (excludes halogenated alkanes) is 1. The zero-order chi connectivity index (χ0) is 12.7. The van der Waals surface area contributed by atoms with Crippen molar-refractivity contribution in [2.75, 3.05) is 0 Å². The van der Waals surface area contributed by atoms with Crippen molar-refractivity contribution in [2.24, 2.45) is 0 Å². The van der Waals surface area contributed by atoms with Gasteiger partial charge in [-0.2, -0.15) is 0 Å². The number of carbonyl (C=O) groups is 1. The highest BCUT2D eigenvalue weighted by atomic mass is 35.5. The summed E-state index contributed by atoms with van der Waals surface area (Å²) in [5, 5.41) is -0.335. The average molecular weight is 253 g/mol. The third kappa shape index (κ3) is 4.16. The molecule has 0 spiro atoms. The molecule has 1 aromatic rings. The summed E-state index contributed by atoms with van der Waals surface area (Å²) in [6.07, 6.45) is 5.80. The van der Waals surface area contributed by atoms with Gasteiger partial charge >= 0.3 is 0 Å². The molecule has 0 bridgehead atoms. The van der Waals surface area contributed by atoms with Gasteiger partial charge in [0, 0.05) is 5.56 Å². The molecule has 0 saturated carbocycles. The zero-order valence-electron chi connectivity index (χ0n) is 10.7. The average Bonchev–Trinajstić information content (AvgIpc) is 2.34. The quantitative estimate of drug-likeness (QED) is 0.614. The smallest absolute Gasteiger partial charge is 0.252 e. The molecule has 0 saturated heterocycles. The molecule has 0 amide bonds. The first-order valence-corrected chi connectivity index (χ1v) is 6.87. The van der Waals surface area contributed by atoms with Crippen molar-refractivity contribution in [3.63, 3.8) is 0 Å². The van der Waals surface area contributed by atoms with Crippen LogP contribution in [-0.2, 0) is 0 Å². The van der Waals surface area contributed by atoms with E-state index in [2.05, 4.69) is 13.8 Å². The van der Waals surface area contributed by atoms with Crippen LogP contribution >= 0.6 is 11.6 Å². The third-order valence-electron chi connectivity index (χ3n) is 3.16. The van der Waals surface area contributed by atoms with E-state index in [9.17, 15) is 4.79 Å². The Labute approximate surface area is 109 Å². The molecule has 1 aromatic carbocycles.